The van der Waals surface area contributed by atoms with Crippen molar-refractivity contribution < 1.29 is 19.1 Å². The van der Waals surface area contributed by atoms with Crippen molar-refractivity contribution in [1.82, 2.24) is 0 Å². The number of ether oxygens (including phenoxy) is 1. The summed E-state index contributed by atoms with van der Waals surface area (Å²) in [7, 11) is 0. The van der Waals surface area contributed by atoms with Crippen LogP contribution in [0.15, 0.2) is 0 Å². The number of halogens is 2. The molecule has 0 aromatic carbocycles. The highest BCUT2D eigenvalue weighted by Crippen LogP contribution is 2.31. The molecule has 0 atom stereocenters. The van der Waals surface area contributed by atoms with E-state index in [4.69, 9.17) is 23.2 Å². The Morgan fingerprint density at radius 3 is 2.00 bits per heavy atom. The summed E-state index contributed by atoms with van der Waals surface area (Å²) in [6, 6.07) is 0. The summed E-state index contributed by atoms with van der Waals surface area (Å²) in [6.45, 7) is 0. The van der Waals surface area contributed by atoms with Gasteiger partial charge >= 0.3 is 5.97 Å². The number of carbonyl (C=O) groups excluding carboxylic acids is 3. The highest BCUT2D eigenvalue weighted by atomic mass is 35.5. The molecule has 66 valence electrons. The van der Waals surface area contributed by atoms with Crippen LogP contribution in [0.4, 0.5) is 0 Å². The van der Waals surface area contributed by atoms with Crippen LogP contribution in [0, 0.1) is 0 Å². The molecule has 0 amide bonds. The fourth-order valence-electron chi connectivity index (χ4n) is 0.929. The SMILES string of the molecule is O=C1CCC(C(=O)Cl)(C(=O)Cl)O1. The molecular weight excluding hydrogens is 207 g/mol. The van der Waals surface area contributed by atoms with E-state index in [0.717, 1.165) is 0 Å². The monoisotopic (exact) mass is 210 g/mol. The molecule has 1 aliphatic heterocycles. The first-order valence-electron chi connectivity index (χ1n) is 3.11. The van der Waals surface area contributed by atoms with E-state index in [2.05, 4.69) is 4.74 Å². The average Bonchev–Trinajstić information content (AvgIpc) is 2.32. The number of esters is 1. The smallest absolute Gasteiger partial charge is 0.307 e. The lowest BCUT2D eigenvalue weighted by Gasteiger charge is -2.17. The summed E-state index contributed by atoms with van der Waals surface area (Å²) in [5, 5.41) is -2.10. The van der Waals surface area contributed by atoms with Crippen molar-refractivity contribution in [3.05, 3.63) is 0 Å². The van der Waals surface area contributed by atoms with Gasteiger partial charge in [-0.2, -0.15) is 0 Å². The Kier molecular flexibility index (Phi) is 2.39. The Morgan fingerprint density at radius 1 is 1.33 bits per heavy atom. The van der Waals surface area contributed by atoms with Crippen LogP contribution in [-0.4, -0.2) is 22.1 Å². The van der Waals surface area contributed by atoms with Crippen LogP contribution >= 0.6 is 23.2 Å². The second-order valence-corrected chi connectivity index (χ2v) is 3.04. The summed E-state index contributed by atoms with van der Waals surface area (Å²) >= 11 is 10.2. The third-order valence-electron chi connectivity index (χ3n) is 1.60. The minimum absolute atomic E-state index is 0.0169. The van der Waals surface area contributed by atoms with Crippen LogP contribution in [0.2, 0.25) is 0 Å². The highest BCUT2D eigenvalue weighted by molar-refractivity contribution is 6.76. The summed E-state index contributed by atoms with van der Waals surface area (Å²) in [5.41, 5.74) is -1.93. The Bertz CT molecular complexity index is 246. The van der Waals surface area contributed by atoms with Crippen LogP contribution in [-0.2, 0) is 19.1 Å². The Morgan fingerprint density at radius 2 is 1.83 bits per heavy atom. The van der Waals surface area contributed by atoms with E-state index in [1.807, 2.05) is 0 Å². The number of cyclic esters (lactones) is 1. The van der Waals surface area contributed by atoms with Gasteiger partial charge in [0.1, 0.15) is 0 Å². The Labute approximate surface area is 77.8 Å². The molecule has 0 spiro atoms. The number of hydrogen-bond acceptors (Lipinski definition) is 4. The largest absolute Gasteiger partial charge is 0.440 e. The summed E-state index contributed by atoms with van der Waals surface area (Å²) in [4.78, 5) is 32.1. The Balaban J connectivity index is 2.97. The summed E-state index contributed by atoms with van der Waals surface area (Å²) < 4.78 is 4.47. The molecule has 4 nitrogen and oxygen atoms in total. The third-order valence-corrected chi connectivity index (χ3v) is 2.21. The van der Waals surface area contributed by atoms with Gasteiger partial charge in [-0.1, -0.05) is 0 Å². The summed E-state index contributed by atoms with van der Waals surface area (Å²) in [5.74, 6) is -0.641. The van der Waals surface area contributed by atoms with Crippen LogP contribution < -0.4 is 0 Å². The van der Waals surface area contributed by atoms with E-state index in [9.17, 15) is 14.4 Å². The zero-order valence-corrected chi connectivity index (χ0v) is 7.31. The van der Waals surface area contributed by atoms with Crippen LogP contribution in [0.3, 0.4) is 0 Å². The maximum absolute atomic E-state index is 10.7. The van der Waals surface area contributed by atoms with Gasteiger partial charge in [-0.05, 0) is 23.2 Å². The van der Waals surface area contributed by atoms with Crippen LogP contribution in [0.1, 0.15) is 12.8 Å². The van der Waals surface area contributed by atoms with E-state index in [1.165, 1.54) is 0 Å². The van der Waals surface area contributed by atoms with Crippen molar-refractivity contribution >= 4 is 39.7 Å². The maximum Gasteiger partial charge on any atom is 0.307 e. The number of carbonyl (C=O) groups is 3. The minimum Gasteiger partial charge on any atom is -0.440 e. The second-order valence-electron chi connectivity index (χ2n) is 2.35. The first-order chi connectivity index (χ1) is 5.49. The van der Waals surface area contributed by atoms with Crippen LogP contribution in [0.25, 0.3) is 0 Å². The average molecular weight is 211 g/mol. The highest BCUT2D eigenvalue weighted by Gasteiger charge is 2.52. The molecule has 6 heteroatoms. The molecule has 0 N–H and O–H groups in total. The number of hydrogen-bond donors (Lipinski definition) is 0. The predicted octanol–water partition coefficient (Wildman–Crippen LogP) is 0.593. The van der Waals surface area contributed by atoms with Crippen molar-refractivity contribution in [2.24, 2.45) is 0 Å². The zero-order chi connectivity index (χ0) is 9.35. The molecule has 1 saturated heterocycles. The molecule has 0 radical (unpaired) electrons. The fraction of sp³-hybridized carbons (Fsp3) is 0.500. The van der Waals surface area contributed by atoms with E-state index in [0.29, 0.717) is 0 Å². The number of rotatable bonds is 2. The topological polar surface area (TPSA) is 60.4 Å². The minimum atomic E-state index is -1.93. The van der Waals surface area contributed by atoms with Gasteiger partial charge in [0.05, 0.1) is 6.42 Å². The molecular formula is C6H4Cl2O4. The van der Waals surface area contributed by atoms with Crippen molar-refractivity contribution in [3.8, 4) is 0 Å². The lowest BCUT2D eigenvalue weighted by Crippen LogP contribution is -2.41. The molecule has 0 aromatic heterocycles. The van der Waals surface area contributed by atoms with Gasteiger partial charge in [0.2, 0.25) is 0 Å². The Hall–Kier alpha value is -0.610. The van der Waals surface area contributed by atoms with E-state index >= 15 is 0 Å². The third kappa shape index (κ3) is 1.32. The van der Waals surface area contributed by atoms with Gasteiger partial charge in [-0.15, -0.1) is 0 Å². The lowest BCUT2D eigenvalue weighted by molar-refractivity contribution is -0.158. The first-order valence-corrected chi connectivity index (χ1v) is 3.86. The standard InChI is InChI=1S/C6H4Cl2O4/c7-4(10)6(5(8)11)2-1-3(9)12-6/h1-2H2. The molecule has 0 unspecified atom stereocenters. The second kappa shape index (κ2) is 3.03. The van der Waals surface area contributed by atoms with Crippen molar-refractivity contribution in [2.45, 2.75) is 18.4 Å². The molecule has 0 aliphatic carbocycles. The zero-order valence-electron chi connectivity index (χ0n) is 5.80. The normalized spacial score (nSPS) is 20.3. The molecule has 12 heavy (non-hydrogen) atoms. The van der Waals surface area contributed by atoms with Gasteiger partial charge in [0, 0.05) is 6.42 Å². The predicted molar refractivity (Wildman–Crippen MR) is 39.8 cm³/mol. The van der Waals surface area contributed by atoms with Crippen LogP contribution in [0.5, 0.6) is 0 Å². The molecule has 0 aromatic rings. The van der Waals surface area contributed by atoms with Crippen molar-refractivity contribution in [2.75, 3.05) is 0 Å². The summed E-state index contributed by atoms with van der Waals surface area (Å²) in [6.07, 6.45) is -0.0899. The van der Waals surface area contributed by atoms with E-state index in [1.54, 1.807) is 0 Å². The van der Waals surface area contributed by atoms with Gasteiger partial charge in [-0.25, -0.2) is 0 Å². The molecule has 1 heterocycles. The first kappa shape index (κ1) is 9.48. The molecule has 0 saturated carbocycles. The van der Waals surface area contributed by atoms with Gasteiger partial charge in [0.15, 0.2) is 0 Å². The fourth-order valence-corrected chi connectivity index (χ4v) is 1.41. The quantitative estimate of drug-likeness (QED) is 0.381. The molecule has 1 aliphatic rings. The van der Waals surface area contributed by atoms with Gasteiger partial charge in [-0.3, -0.25) is 14.4 Å². The molecule has 1 fully saturated rings. The van der Waals surface area contributed by atoms with Gasteiger partial charge in [0.25, 0.3) is 16.1 Å². The molecule has 0 bridgehead atoms. The molecule has 1 rings (SSSR count). The van der Waals surface area contributed by atoms with E-state index < -0.39 is 22.1 Å². The van der Waals surface area contributed by atoms with Crippen molar-refractivity contribution in [1.29, 1.82) is 0 Å². The van der Waals surface area contributed by atoms with Gasteiger partial charge < -0.3 is 4.74 Å². The maximum atomic E-state index is 10.7. The lowest BCUT2D eigenvalue weighted by atomic mass is 10.0. The van der Waals surface area contributed by atoms with Crippen molar-refractivity contribution in [3.63, 3.8) is 0 Å². The van der Waals surface area contributed by atoms with E-state index in [-0.39, 0.29) is 12.8 Å².